The van der Waals surface area contributed by atoms with Gasteiger partial charge in [-0.15, -0.1) is 0 Å². The number of nitrogens with zero attached hydrogens (tertiary/aromatic N) is 1. The molecule has 0 fully saturated rings. The van der Waals surface area contributed by atoms with Crippen molar-refractivity contribution in [1.29, 1.82) is 0 Å². The fourth-order valence-electron chi connectivity index (χ4n) is 1.76. The summed E-state index contributed by atoms with van der Waals surface area (Å²) in [6, 6.07) is 5.76. The molecule has 0 aromatic heterocycles. The van der Waals surface area contributed by atoms with Crippen molar-refractivity contribution in [2.24, 2.45) is 4.99 Å². The van der Waals surface area contributed by atoms with E-state index in [2.05, 4.69) is 35.7 Å². The quantitative estimate of drug-likeness (QED) is 0.589. The number of hydrogen-bond donors (Lipinski definition) is 2. The molecule has 0 amide bonds. The van der Waals surface area contributed by atoms with Gasteiger partial charge in [-0.05, 0) is 44.2 Å². The van der Waals surface area contributed by atoms with Crippen molar-refractivity contribution in [2.45, 2.75) is 25.0 Å². The second-order valence-corrected chi connectivity index (χ2v) is 7.44. The normalized spacial score (nSPS) is 12.2. The lowest BCUT2D eigenvalue weighted by Crippen LogP contribution is -2.43. The topological polar surface area (TPSA) is 45.7 Å². The van der Waals surface area contributed by atoms with E-state index < -0.39 is 0 Å². The predicted molar refractivity (Wildman–Crippen MR) is 98.7 cm³/mol. The van der Waals surface area contributed by atoms with Gasteiger partial charge < -0.3 is 15.4 Å². The molecule has 0 spiro atoms. The maximum atomic E-state index is 6.24. The summed E-state index contributed by atoms with van der Waals surface area (Å²) in [5.74, 6) is 1.59. The summed E-state index contributed by atoms with van der Waals surface area (Å²) >= 11 is 8.07. The first-order valence-electron chi connectivity index (χ1n) is 7.24. The van der Waals surface area contributed by atoms with Crippen LogP contribution in [0.1, 0.15) is 19.4 Å². The number of nitrogens with one attached hydrogen (secondary N) is 2. The zero-order valence-corrected chi connectivity index (χ0v) is 15.6. The van der Waals surface area contributed by atoms with Crippen LogP contribution in [0.5, 0.6) is 5.75 Å². The predicted octanol–water partition coefficient (Wildman–Crippen LogP) is 3.20. The molecule has 0 aliphatic rings. The van der Waals surface area contributed by atoms with E-state index in [0.29, 0.717) is 0 Å². The lowest BCUT2D eigenvalue weighted by Gasteiger charge is -2.23. The number of aliphatic imine (C=N–C) groups is 1. The third-order valence-corrected chi connectivity index (χ3v) is 5.01. The van der Waals surface area contributed by atoms with Crippen LogP contribution < -0.4 is 15.4 Å². The SMILES string of the molecule is CN=C(NCCc1ccc(OC)cc1Cl)NCC(C)(C)SC. The molecule has 6 heteroatoms. The molecule has 0 unspecified atom stereocenters. The zero-order valence-electron chi connectivity index (χ0n) is 14.0. The highest BCUT2D eigenvalue weighted by atomic mass is 35.5. The number of guanidine groups is 1. The van der Waals surface area contributed by atoms with E-state index in [1.54, 1.807) is 14.2 Å². The number of thioether (sulfide) groups is 1. The summed E-state index contributed by atoms with van der Waals surface area (Å²) in [7, 11) is 3.42. The van der Waals surface area contributed by atoms with Crippen molar-refractivity contribution in [3.63, 3.8) is 0 Å². The molecule has 0 aliphatic heterocycles. The van der Waals surface area contributed by atoms with Gasteiger partial charge in [0.25, 0.3) is 0 Å². The molecule has 0 aliphatic carbocycles. The molecule has 0 atom stereocenters. The minimum Gasteiger partial charge on any atom is -0.497 e. The summed E-state index contributed by atoms with van der Waals surface area (Å²) < 4.78 is 5.33. The van der Waals surface area contributed by atoms with E-state index in [9.17, 15) is 0 Å². The summed E-state index contributed by atoms with van der Waals surface area (Å²) in [6.07, 6.45) is 2.94. The van der Waals surface area contributed by atoms with Crippen LogP contribution in [0.3, 0.4) is 0 Å². The number of hydrogen-bond acceptors (Lipinski definition) is 3. The Kier molecular flexibility index (Phi) is 7.90. The first kappa shape index (κ1) is 19.0. The molecule has 22 heavy (non-hydrogen) atoms. The first-order chi connectivity index (χ1) is 10.4. The molecule has 0 heterocycles. The standard InChI is InChI=1S/C16H26ClN3OS/c1-16(2,22-5)11-20-15(18-3)19-9-8-12-6-7-13(21-4)10-14(12)17/h6-7,10H,8-9,11H2,1-5H3,(H2,18,19,20). The van der Waals surface area contributed by atoms with E-state index >= 15 is 0 Å². The van der Waals surface area contributed by atoms with Crippen LogP contribution >= 0.6 is 23.4 Å². The molecule has 2 N–H and O–H groups in total. The highest BCUT2D eigenvalue weighted by Gasteiger charge is 2.16. The number of ether oxygens (including phenoxy) is 1. The van der Waals surface area contributed by atoms with Gasteiger partial charge in [0.2, 0.25) is 0 Å². The fraction of sp³-hybridized carbons (Fsp3) is 0.562. The van der Waals surface area contributed by atoms with Crippen molar-refractivity contribution >= 4 is 29.3 Å². The molecular formula is C16H26ClN3OS. The third-order valence-electron chi connectivity index (χ3n) is 3.40. The van der Waals surface area contributed by atoms with Gasteiger partial charge in [-0.1, -0.05) is 17.7 Å². The largest absolute Gasteiger partial charge is 0.497 e. The summed E-state index contributed by atoms with van der Waals surface area (Å²) in [4.78, 5) is 4.24. The van der Waals surface area contributed by atoms with E-state index in [4.69, 9.17) is 16.3 Å². The highest BCUT2D eigenvalue weighted by molar-refractivity contribution is 7.99. The molecule has 0 radical (unpaired) electrons. The summed E-state index contributed by atoms with van der Waals surface area (Å²) in [6.45, 7) is 6.03. The number of rotatable bonds is 7. The van der Waals surface area contributed by atoms with Gasteiger partial charge in [0.1, 0.15) is 5.75 Å². The summed E-state index contributed by atoms with van der Waals surface area (Å²) in [5, 5.41) is 7.38. The van der Waals surface area contributed by atoms with E-state index in [-0.39, 0.29) is 4.75 Å². The average molecular weight is 344 g/mol. The minimum atomic E-state index is 0.177. The smallest absolute Gasteiger partial charge is 0.191 e. The van der Waals surface area contributed by atoms with Crippen LogP contribution in [0.4, 0.5) is 0 Å². The zero-order chi connectivity index (χ0) is 16.6. The Balaban J connectivity index is 2.45. The van der Waals surface area contributed by atoms with Gasteiger partial charge in [-0.25, -0.2) is 0 Å². The molecule has 1 rings (SSSR count). The van der Waals surface area contributed by atoms with Gasteiger partial charge in [0.05, 0.1) is 7.11 Å². The van der Waals surface area contributed by atoms with Gasteiger partial charge in [0.15, 0.2) is 5.96 Å². The molecule has 1 aromatic carbocycles. The first-order valence-corrected chi connectivity index (χ1v) is 8.84. The second kappa shape index (κ2) is 9.16. The fourth-order valence-corrected chi connectivity index (χ4v) is 2.24. The Bertz CT molecular complexity index is 506. The Morgan fingerprint density at radius 3 is 2.64 bits per heavy atom. The lowest BCUT2D eigenvalue weighted by molar-refractivity contribution is 0.414. The Labute approximate surface area is 143 Å². The third kappa shape index (κ3) is 6.36. The van der Waals surface area contributed by atoms with E-state index in [0.717, 1.165) is 41.8 Å². The van der Waals surface area contributed by atoms with Crippen LogP contribution in [0.25, 0.3) is 0 Å². The molecule has 0 saturated heterocycles. The van der Waals surface area contributed by atoms with E-state index in [1.165, 1.54) is 0 Å². The molecule has 4 nitrogen and oxygen atoms in total. The highest BCUT2D eigenvalue weighted by Crippen LogP contribution is 2.22. The number of methoxy groups -OCH3 is 1. The van der Waals surface area contributed by atoms with Crippen molar-refractivity contribution in [3.05, 3.63) is 28.8 Å². The van der Waals surface area contributed by atoms with Crippen LogP contribution in [0.2, 0.25) is 5.02 Å². The monoisotopic (exact) mass is 343 g/mol. The average Bonchev–Trinajstić information content (AvgIpc) is 2.51. The van der Waals surface area contributed by atoms with Crippen LogP contribution in [-0.2, 0) is 6.42 Å². The van der Waals surface area contributed by atoms with E-state index in [1.807, 2.05) is 30.0 Å². The maximum Gasteiger partial charge on any atom is 0.191 e. The van der Waals surface area contributed by atoms with Crippen molar-refractivity contribution in [3.8, 4) is 5.75 Å². The molecule has 124 valence electrons. The number of halogens is 1. The van der Waals surface area contributed by atoms with Crippen LogP contribution in [0, 0.1) is 0 Å². The van der Waals surface area contributed by atoms with Gasteiger partial charge in [-0.3, -0.25) is 4.99 Å². The Hall–Kier alpha value is -1.07. The van der Waals surface area contributed by atoms with Gasteiger partial charge in [0, 0.05) is 29.9 Å². The molecule has 0 saturated carbocycles. The summed E-state index contributed by atoms with van der Waals surface area (Å²) in [5.41, 5.74) is 1.09. The number of benzene rings is 1. The molecule has 0 bridgehead atoms. The van der Waals surface area contributed by atoms with Crippen LogP contribution in [0.15, 0.2) is 23.2 Å². The Morgan fingerprint density at radius 2 is 2.09 bits per heavy atom. The lowest BCUT2D eigenvalue weighted by atomic mass is 10.1. The van der Waals surface area contributed by atoms with Gasteiger partial charge in [-0.2, -0.15) is 11.8 Å². The molecular weight excluding hydrogens is 318 g/mol. The van der Waals surface area contributed by atoms with Crippen molar-refractivity contribution < 1.29 is 4.74 Å². The maximum absolute atomic E-state index is 6.24. The molecule has 1 aromatic rings. The Morgan fingerprint density at radius 1 is 1.36 bits per heavy atom. The second-order valence-electron chi connectivity index (χ2n) is 5.52. The van der Waals surface area contributed by atoms with Crippen molar-refractivity contribution in [2.75, 3.05) is 33.5 Å². The van der Waals surface area contributed by atoms with Crippen molar-refractivity contribution in [1.82, 2.24) is 10.6 Å². The minimum absolute atomic E-state index is 0.177. The van der Waals surface area contributed by atoms with Crippen LogP contribution in [-0.4, -0.2) is 44.2 Å². The van der Waals surface area contributed by atoms with Gasteiger partial charge >= 0.3 is 0 Å².